The van der Waals surface area contributed by atoms with Crippen LogP contribution in [0.15, 0.2) is 60.7 Å². The monoisotopic (exact) mass is 428 g/mol. The van der Waals surface area contributed by atoms with Gasteiger partial charge in [-0.1, -0.05) is 60.7 Å². The van der Waals surface area contributed by atoms with Crippen molar-refractivity contribution in [1.29, 1.82) is 0 Å². The van der Waals surface area contributed by atoms with Crippen LogP contribution in [0.4, 0.5) is 0 Å². The van der Waals surface area contributed by atoms with Gasteiger partial charge in [-0.15, -0.1) is 0 Å². The van der Waals surface area contributed by atoms with Crippen LogP contribution < -0.4 is 0 Å². The van der Waals surface area contributed by atoms with Crippen molar-refractivity contribution < 1.29 is 33.5 Å². The SMILES string of the molecule is C[C@H](O)CO[C@@H]1C2OC3O[C@@H](C2OCc2ccccc2)C(OCc2ccccc2)[C@H]1O3. The van der Waals surface area contributed by atoms with E-state index >= 15 is 0 Å². The van der Waals surface area contributed by atoms with Crippen LogP contribution in [0.25, 0.3) is 0 Å². The van der Waals surface area contributed by atoms with Crippen LogP contribution in [0.3, 0.4) is 0 Å². The molecule has 0 spiro atoms. The molecule has 4 unspecified atom stereocenters. The van der Waals surface area contributed by atoms with E-state index in [-0.39, 0.29) is 37.1 Å². The fourth-order valence-electron chi connectivity index (χ4n) is 4.42. The third-order valence-corrected chi connectivity index (χ3v) is 5.85. The lowest BCUT2D eigenvalue weighted by molar-refractivity contribution is -0.489. The van der Waals surface area contributed by atoms with Gasteiger partial charge in [0.05, 0.1) is 25.9 Å². The zero-order valence-electron chi connectivity index (χ0n) is 17.4. The molecule has 0 aromatic heterocycles. The number of ether oxygens (including phenoxy) is 6. The van der Waals surface area contributed by atoms with E-state index in [0.717, 1.165) is 11.1 Å². The van der Waals surface area contributed by atoms with Crippen LogP contribution in [0, 0.1) is 0 Å². The maximum atomic E-state index is 9.75. The molecule has 7 heteroatoms. The molecule has 166 valence electrons. The van der Waals surface area contributed by atoms with Gasteiger partial charge in [0, 0.05) is 0 Å². The zero-order valence-corrected chi connectivity index (χ0v) is 17.4. The van der Waals surface area contributed by atoms with Crippen molar-refractivity contribution in [2.75, 3.05) is 6.61 Å². The second kappa shape index (κ2) is 9.34. The van der Waals surface area contributed by atoms with Crippen LogP contribution in [0.1, 0.15) is 18.1 Å². The number of hydrogen-bond acceptors (Lipinski definition) is 7. The maximum absolute atomic E-state index is 9.75. The summed E-state index contributed by atoms with van der Waals surface area (Å²) < 4.78 is 36.5. The molecular weight excluding hydrogens is 400 g/mol. The Bertz CT molecular complexity index is 769. The van der Waals surface area contributed by atoms with E-state index in [1.807, 2.05) is 60.7 Å². The lowest BCUT2D eigenvalue weighted by Gasteiger charge is -2.58. The van der Waals surface area contributed by atoms with Gasteiger partial charge in [0.2, 0.25) is 0 Å². The molecule has 1 N–H and O–H groups in total. The first kappa shape index (κ1) is 21.0. The molecule has 2 aromatic carbocycles. The summed E-state index contributed by atoms with van der Waals surface area (Å²) in [4.78, 5) is 0. The fourth-order valence-corrected chi connectivity index (χ4v) is 4.42. The first-order valence-electron chi connectivity index (χ1n) is 10.8. The maximum Gasteiger partial charge on any atom is 0.272 e. The Balaban J connectivity index is 1.35. The molecule has 2 aromatic rings. The van der Waals surface area contributed by atoms with Gasteiger partial charge in [0.1, 0.15) is 36.6 Å². The first-order chi connectivity index (χ1) is 15.2. The Morgan fingerprint density at radius 2 is 1.13 bits per heavy atom. The Kier molecular flexibility index (Phi) is 6.34. The number of aliphatic hydroxyl groups is 1. The minimum atomic E-state index is -0.750. The lowest BCUT2D eigenvalue weighted by atomic mass is 9.82. The van der Waals surface area contributed by atoms with Crippen molar-refractivity contribution in [3.63, 3.8) is 0 Å². The van der Waals surface area contributed by atoms with Gasteiger partial charge in [0.15, 0.2) is 0 Å². The topological polar surface area (TPSA) is 75.6 Å². The molecule has 7 nitrogen and oxygen atoms in total. The molecule has 31 heavy (non-hydrogen) atoms. The Hall–Kier alpha value is -1.84. The summed E-state index contributed by atoms with van der Waals surface area (Å²) in [6.45, 7) is 1.97. The minimum absolute atomic E-state index is 0.178. The van der Waals surface area contributed by atoms with Crippen molar-refractivity contribution in [2.45, 2.75) is 69.3 Å². The van der Waals surface area contributed by atoms with Gasteiger partial charge in [-0.3, -0.25) is 0 Å². The van der Waals surface area contributed by atoms with E-state index in [1.165, 1.54) is 0 Å². The molecule has 4 aliphatic rings. The normalized spacial score (nSPS) is 34.7. The number of aliphatic hydroxyl groups excluding tert-OH is 1. The molecule has 3 saturated heterocycles. The van der Waals surface area contributed by atoms with Crippen molar-refractivity contribution in [2.24, 2.45) is 0 Å². The zero-order chi connectivity index (χ0) is 21.2. The van der Waals surface area contributed by atoms with Crippen molar-refractivity contribution in [3.8, 4) is 0 Å². The second-order valence-electron chi connectivity index (χ2n) is 8.26. The predicted molar refractivity (Wildman–Crippen MR) is 110 cm³/mol. The van der Waals surface area contributed by atoms with E-state index in [4.69, 9.17) is 28.4 Å². The Morgan fingerprint density at radius 3 is 1.55 bits per heavy atom. The third-order valence-electron chi connectivity index (χ3n) is 5.85. The minimum Gasteiger partial charge on any atom is -0.391 e. The molecule has 8 atom stereocenters. The van der Waals surface area contributed by atoms with Crippen LogP contribution in [0.2, 0.25) is 0 Å². The molecule has 1 saturated carbocycles. The summed E-state index contributed by atoms with van der Waals surface area (Å²) >= 11 is 0. The molecule has 0 radical (unpaired) electrons. The van der Waals surface area contributed by atoms with Gasteiger partial charge in [-0.05, 0) is 18.1 Å². The van der Waals surface area contributed by atoms with Crippen LogP contribution in [-0.2, 0) is 41.6 Å². The quantitative estimate of drug-likeness (QED) is 0.657. The highest BCUT2D eigenvalue weighted by Gasteiger charge is 2.63. The summed E-state index contributed by atoms with van der Waals surface area (Å²) in [6.07, 6.45) is -2.83. The number of rotatable bonds is 9. The van der Waals surface area contributed by atoms with Gasteiger partial charge < -0.3 is 33.5 Å². The predicted octanol–water partition coefficient (Wildman–Crippen LogP) is 2.40. The highest BCUT2D eigenvalue weighted by molar-refractivity contribution is 5.15. The summed E-state index contributed by atoms with van der Waals surface area (Å²) in [5.41, 5.74) is 2.13. The first-order valence-corrected chi connectivity index (χ1v) is 10.8. The van der Waals surface area contributed by atoms with Crippen molar-refractivity contribution in [1.82, 2.24) is 0 Å². The van der Waals surface area contributed by atoms with E-state index in [0.29, 0.717) is 13.2 Å². The number of benzene rings is 2. The van der Waals surface area contributed by atoms with E-state index < -0.39 is 18.7 Å². The molecule has 1 aliphatic carbocycles. The third kappa shape index (κ3) is 4.54. The lowest BCUT2D eigenvalue weighted by Crippen LogP contribution is -2.76. The van der Waals surface area contributed by atoms with E-state index in [9.17, 15) is 5.11 Å². The van der Waals surface area contributed by atoms with Crippen LogP contribution in [-0.4, -0.2) is 60.9 Å². The molecule has 3 aliphatic heterocycles. The molecule has 4 fully saturated rings. The van der Waals surface area contributed by atoms with Crippen molar-refractivity contribution >= 4 is 0 Å². The summed E-state index contributed by atoms with van der Waals surface area (Å²) in [5, 5.41) is 9.75. The van der Waals surface area contributed by atoms with E-state index in [1.54, 1.807) is 6.92 Å². The summed E-state index contributed by atoms with van der Waals surface area (Å²) in [6, 6.07) is 20.0. The average molecular weight is 428 g/mol. The van der Waals surface area contributed by atoms with Gasteiger partial charge >= 0.3 is 0 Å². The highest BCUT2D eigenvalue weighted by atomic mass is 16.9. The Morgan fingerprint density at radius 1 is 0.710 bits per heavy atom. The Labute approximate surface area is 181 Å². The smallest absolute Gasteiger partial charge is 0.272 e. The van der Waals surface area contributed by atoms with Gasteiger partial charge in [0.25, 0.3) is 6.48 Å². The molecule has 4 bridgehead atoms. The van der Waals surface area contributed by atoms with Gasteiger partial charge in [-0.25, -0.2) is 0 Å². The van der Waals surface area contributed by atoms with E-state index in [2.05, 4.69) is 0 Å². The largest absolute Gasteiger partial charge is 0.391 e. The van der Waals surface area contributed by atoms with Crippen molar-refractivity contribution in [3.05, 3.63) is 71.8 Å². The highest BCUT2D eigenvalue weighted by Crippen LogP contribution is 2.44. The molecule has 0 amide bonds. The molecular formula is C24H28O7. The van der Waals surface area contributed by atoms with Gasteiger partial charge in [-0.2, -0.15) is 0 Å². The summed E-state index contributed by atoms with van der Waals surface area (Å²) in [5.74, 6) is 0. The average Bonchev–Trinajstić information content (AvgIpc) is 2.79. The van der Waals surface area contributed by atoms with Crippen LogP contribution in [0.5, 0.6) is 0 Å². The fraction of sp³-hybridized carbons (Fsp3) is 0.500. The summed E-state index contributed by atoms with van der Waals surface area (Å²) in [7, 11) is 0. The number of hydrogen-bond donors (Lipinski definition) is 1. The molecule has 3 heterocycles. The molecule has 6 rings (SSSR count). The van der Waals surface area contributed by atoms with Crippen LogP contribution >= 0.6 is 0 Å². The standard InChI is InChI=1S/C24H28O7/c1-15(25)12-26-18-21-19(27-13-16-8-4-2-5-9-16)23-20(22(18)30-24(29-21)31-23)28-14-17-10-6-3-7-11-17/h2-11,15,18-25H,12-14H2,1H3/t15-,18-,19?,20?,21-,22?,23+,24?/m0/s1. The second-order valence-corrected chi connectivity index (χ2v) is 8.26.